The first-order valence-corrected chi connectivity index (χ1v) is 8.96. The molecule has 1 amide bonds. The van der Waals surface area contributed by atoms with Gasteiger partial charge in [0.25, 0.3) is 5.91 Å². The number of nitriles is 1. The van der Waals surface area contributed by atoms with Gasteiger partial charge in [0.2, 0.25) is 17.5 Å². The summed E-state index contributed by atoms with van der Waals surface area (Å²) in [6, 6.07) is 5.84. The van der Waals surface area contributed by atoms with E-state index in [9.17, 15) is 10.1 Å². The number of hydrogen-bond donors (Lipinski definition) is 0. The van der Waals surface area contributed by atoms with Gasteiger partial charge in [0.15, 0.2) is 0 Å². The zero-order valence-corrected chi connectivity index (χ0v) is 15.0. The largest absolute Gasteiger partial charge is 0.423 e. The smallest absolute Gasteiger partial charge is 0.255 e. The highest BCUT2D eigenvalue weighted by atomic mass is 16.4. The topological polar surface area (TPSA) is 86.3 Å². The van der Waals surface area contributed by atoms with Crippen molar-refractivity contribution in [2.45, 2.75) is 32.6 Å². The number of pyridine rings is 1. The molecule has 2 fully saturated rings. The molecule has 2 aromatic heterocycles. The molecule has 0 unspecified atom stereocenters. The van der Waals surface area contributed by atoms with Gasteiger partial charge in [0.1, 0.15) is 6.07 Å². The van der Waals surface area contributed by atoms with E-state index in [1.54, 1.807) is 0 Å². The molecule has 1 saturated heterocycles. The number of nitrogens with zero attached hydrogens (tertiary/aromatic N) is 5. The summed E-state index contributed by atoms with van der Waals surface area (Å²) in [5.41, 5.74) is 2.67. The number of carbonyl (C=O) groups excluding carboxylic acids is 1. The normalized spacial score (nSPS) is 17.3. The fourth-order valence-corrected chi connectivity index (χ4v) is 3.32. The lowest BCUT2D eigenvalue weighted by Crippen LogP contribution is -2.49. The molecule has 26 heavy (non-hydrogen) atoms. The molecule has 0 N–H and O–H groups in total. The Morgan fingerprint density at radius 1 is 1.19 bits per heavy atom. The lowest BCUT2D eigenvalue weighted by Gasteiger charge is -2.34. The maximum atomic E-state index is 12.8. The second-order valence-corrected chi connectivity index (χ2v) is 6.96. The number of rotatable bonds is 3. The Morgan fingerprint density at radius 3 is 2.54 bits per heavy atom. The van der Waals surface area contributed by atoms with Gasteiger partial charge in [-0.05, 0) is 38.8 Å². The van der Waals surface area contributed by atoms with Crippen molar-refractivity contribution in [2.24, 2.45) is 0 Å². The molecule has 7 heteroatoms. The Bertz CT molecular complexity index is 886. The van der Waals surface area contributed by atoms with Gasteiger partial charge >= 0.3 is 0 Å². The molecule has 1 aliphatic heterocycles. The molecule has 0 radical (unpaired) electrons. The first-order chi connectivity index (χ1) is 12.6. The molecule has 1 saturated carbocycles. The van der Waals surface area contributed by atoms with E-state index in [0.29, 0.717) is 55.1 Å². The standard InChI is InChI=1S/C19H21N5O2/c1-12-3-6-15(13(2)21-12)18(25)23-7-9-24(10-8-23)19-16(11-20)22-17(26-19)14-4-5-14/h3,6,14H,4-5,7-10H2,1-2H3. The van der Waals surface area contributed by atoms with Crippen molar-refractivity contribution in [1.29, 1.82) is 5.26 Å². The molecule has 134 valence electrons. The molecule has 4 rings (SSSR count). The Balaban J connectivity index is 1.46. The molecule has 1 aliphatic carbocycles. The average molecular weight is 351 g/mol. The molecular weight excluding hydrogens is 330 g/mol. The zero-order chi connectivity index (χ0) is 18.3. The van der Waals surface area contributed by atoms with E-state index in [1.165, 1.54) is 0 Å². The lowest BCUT2D eigenvalue weighted by atomic mass is 10.1. The molecule has 0 aromatic carbocycles. The van der Waals surface area contributed by atoms with Crippen LogP contribution in [0, 0.1) is 25.2 Å². The van der Waals surface area contributed by atoms with Crippen LogP contribution in [0.25, 0.3) is 0 Å². The Hall–Kier alpha value is -2.88. The first-order valence-electron chi connectivity index (χ1n) is 8.96. The van der Waals surface area contributed by atoms with Gasteiger partial charge in [-0.15, -0.1) is 0 Å². The Morgan fingerprint density at radius 2 is 1.92 bits per heavy atom. The monoisotopic (exact) mass is 351 g/mol. The van der Waals surface area contributed by atoms with Gasteiger partial charge in [-0.1, -0.05) is 0 Å². The predicted molar refractivity (Wildman–Crippen MR) is 95.0 cm³/mol. The number of piperazine rings is 1. The summed E-state index contributed by atoms with van der Waals surface area (Å²) in [5, 5.41) is 9.34. The molecule has 2 aliphatic rings. The zero-order valence-electron chi connectivity index (χ0n) is 15.0. The predicted octanol–water partition coefficient (Wildman–Crippen LogP) is 2.40. The maximum absolute atomic E-state index is 12.8. The molecule has 2 aromatic rings. The summed E-state index contributed by atoms with van der Waals surface area (Å²) in [4.78, 5) is 25.3. The minimum Gasteiger partial charge on any atom is -0.423 e. The highest BCUT2D eigenvalue weighted by Crippen LogP contribution is 2.41. The van der Waals surface area contributed by atoms with E-state index < -0.39 is 0 Å². The highest BCUT2D eigenvalue weighted by Gasteiger charge is 2.33. The third kappa shape index (κ3) is 3.03. The van der Waals surface area contributed by atoms with E-state index in [0.717, 1.165) is 24.2 Å². The maximum Gasteiger partial charge on any atom is 0.255 e. The van der Waals surface area contributed by atoms with Crippen LogP contribution in [0.1, 0.15) is 52.1 Å². The number of amides is 1. The summed E-state index contributed by atoms with van der Waals surface area (Å²) >= 11 is 0. The van der Waals surface area contributed by atoms with Gasteiger partial charge in [-0.2, -0.15) is 5.26 Å². The Labute approximate surface area is 152 Å². The molecule has 0 bridgehead atoms. The summed E-state index contributed by atoms with van der Waals surface area (Å²) in [6.07, 6.45) is 2.16. The third-order valence-corrected chi connectivity index (χ3v) is 4.97. The van der Waals surface area contributed by atoms with E-state index in [2.05, 4.69) is 16.0 Å². The second kappa shape index (κ2) is 6.45. The molecule has 7 nitrogen and oxygen atoms in total. The lowest BCUT2D eigenvalue weighted by molar-refractivity contribution is 0.0744. The summed E-state index contributed by atoms with van der Waals surface area (Å²) in [7, 11) is 0. The van der Waals surface area contributed by atoms with E-state index >= 15 is 0 Å². The highest BCUT2D eigenvalue weighted by molar-refractivity contribution is 5.95. The van der Waals surface area contributed by atoms with Crippen LogP contribution in [0.4, 0.5) is 5.88 Å². The Kier molecular flexibility index (Phi) is 4.11. The van der Waals surface area contributed by atoms with Gasteiger partial charge in [0, 0.05) is 37.8 Å². The van der Waals surface area contributed by atoms with Crippen molar-refractivity contribution in [3.63, 3.8) is 0 Å². The molecule has 0 spiro atoms. The molecule has 0 atom stereocenters. The van der Waals surface area contributed by atoms with Crippen molar-refractivity contribution < 1.29 is 9.21 Å². The summed E-state index contributed by atoms with van der Waals surface area (Å²) in [5.74, 6) is 1.60. The van der Waals surface area contributed by atoms with Gasteiger partial charge in [-0.25, -0.2) is 4.98 Å². The summed E-state index contributed by atoms with van der Waals surface area (Å²) < 4.78 is 5.86. The minimum atomic E-state index is 0.00592. The van der Waals surface area contributed by atoms with Gasteiger partial charge in [-0.3, -0.25) is 9.78 Å². The quantitative estimate of drug-likeness (QED) is 0.844. The van der Waals surface area contributed by atoms with E-state index in [-0.39, 0.29) is 5.91 Å². The van der Waals surface area contributed by atoms with Crippen molar-refractivity contribution in [2.75, 3.05) is 31.1 Å². The van der Waals surface area contributed by atoms with Crippen molar-refractivity contribution >= 4 is 11.8 Å². The van der Waals surface area contributed by atoms with Crippen LogP contribution in [-0.4, -0.2) is 47.0 Å². The van der Waals surface area contributed by atoms with Crippen LogP contribution < -0.4 is 4.90 Å². The fourth-order valence-electron chi connectivity index (χ4n) is 3.32. The number of oxazole rings is 1. The number of hydrogen-bond acceptors (Lipinski definition) is 6. The fraction of sp³-hybridized carbons (Fsp3) is 0.474. The van der Waals surface area contributed by atoms with Crippen LogP contribution in [0.15, 0.2) is 16.5 Å². The second-order valence-electron chi connectivity index (χ2n) is 6.96. The van der Waals surface area contributed by atoms with Crippen molar-refractivity contribution in [1.82, 2.24) is 14.9 Å². The number of aryl methyl sites for hydroxylation is 2. The van der Waals surface area contributed by atoms with Crippen LogP contribution in [0.3, 0.4) is 0 Å². The van der Waals surface area contributed by atoms with Crippen LogP contribution in [0.5, 0.6) is 0 Å². The van der Waals surface area contributed by atoms with E-state index in [4.69, 9.17) is 4.42 Å². The SMILES string of the molecule is Cc1ccc(C(=O)N2CCN(c3oc(C4CC4)nc3C#N)CC2)c(C)n1. The number of carbonyl (C=O) groups is 1. The number of aromatic nitrogens is 2. The molecule has 3 heterocycles. The number of anilines is 1. The summed E-state index contributed by atoms with van der Waals surface area (Å²) in [6.45, 7) is 6.19. The first kappa shape index (κ1) is 16.6. The third-order valence-electron chi connectivity index (χ3n) is 4.97. The minimum absolute atomic E-state index is 0.00592. The van der Waals surface area contributed by atoms with Crippen LogP contribution in [-0.2, 0) is 0 Å². The molecular formula is C19H21N5O2. The van der Waals surface area contributed by atoms with Gasteiger partial charge < -0.3 is 14.2 Å². The van der Waals surface area contributed by atoms with E-state index in [1.807, 2.05) is 35.8 Å². The van der Waals surface area contributed by atoms with Crippen molar-refractivity contribution in [3.05, 3.63) is 40.7 Å². The van der Waals surface area contributed by atoms with Crippen LogP contribution >= 0.6 is 0 Å². The van der Waals surface area contributed by atoms with Gasteiger partial charge in [0.05, 0.1) is 11.3 Å². The average Bonchev–Trinajstić information content (AvgIpc) is 3.40. The van der Waals surface area contributed by atoms with Crippen LogP contribution in [0.2, 0.25) is 0 Å². The van der Waals surface area contributed by atoms with Crippen molar-refractivity contribution in [3.8, 4) is 6.07 Å².